The highest BCUT2D eigenvalue weighted by molar-refractivity contribution is 7.85. The molecule has 0 aliphatic rings. The standard InChI is InChI=1S/C9H21NO4S/c1-7(14-9(2,3)4)8(10)6-13-15(5,11)12/h7-8H,6,10H2,1-5H3/p+1/t7?,8-/m1/s1. The first-order chi connectivity index (χ1) is 6.51. The van der Waals surface area contributed by atoms with E-state index in [1.54, 1.807) is 0 Å². The van der Waals surface area contributed by atoms with Crippen LogP contribution < -0.4 is 5.73 Å². The highest BCUT2D eigenvalue weighted by Crippen LogP contribution is 2.11. The predicted molar refractivity (Wildman–Crippen MR) is 57.8 cm³/mol. The van der Waals surface area contributed by atoms with E-state index < -0.39 is 10.1 Å². The van der Waals surface area contributed by atoms with Gasteiger partial charge in [0.2, 0.25) is 0 Å². The van der Waals surface area contributed by atoms with Crippen molar-refractivity contribution < 1.29 is 23.1 Å². The van der Waals surface area contributed by atoms with Gasteiger partial charge in [0.1, 0.15) is 18.8 Å². The molecule has 3 N–H and O–H groups in total. The van der Waals surface area contributed by atoms with Gasteiger partial charge >= 0.3 is 0 Å². The molecule has 0 rings (SSSR count). The van der Waals surface area contributed by atoms with Crippen molar-refractivity contribution in [3.05, 3.63) is 0 Å². The first kappa shape index (κ1) is 14.8. The largest absolute Gasteiger partial charge is 0.367 e. The van der Waals surface area contributed by atoms with Crippen LogP contribution in [0.4, 0.5) is 0 Å². The van der Waals surface area contributed by atoms with Crippen LogP contribution in [0.2, 0.25) is 0 Å². The van der Waals surface area contributed by atoms with Gasteiger partial charge in [-0.2, -0.15) is 8.42 Å². The van der Waals surface area contributed by atoms with Crippen molar-refractivity contribution in [1.29, 1.82) is 0 Å². The van der Waals surface area contributed by atoms with Crippen molar-refractivity contribution in [1.82, 2.24) is 0 Å². The van der Waals surface area contributed by atoms with Crippen molar-refractivity contribution in [3.8, 4) is 0 Å². The molecule has 0 aromatic rings. The number of hydrogen-bond donors (Lipinski definition) is 1. The Morgan fingerprint density at radius 2 is 1.80 bits per heavy atom. The second-order valence-electron chi connectivity index (χ2n) is 4.68. The van der Waals surface area contributed by atoms with Crippen LogP contribution in [-0.2, 0) is 19.0 Å². The van der Waals surface area contributed by atoms with Crippen molar-refractivity contribution in [2.75, 3.05) is 12.9 Å². The Kier molecular flexibility index (Phi) is 5.19. The number of ether oxygens (including phenoxy) is 1. The summed E-state index contributed by atoms with van der Waals surface area (Å²) < 4.78 is 31.8. The van der Waals surface area contributed by atoms with E-state index in [1.807, 2.05) is 27.7 Å². The van der Waals surface area contributed by atoms with E-state index in [2.05, 4.69) is 9.92 Å². The summed E-state index contributed by atoms with van der Waals surface area (Å²) in [5.74, 6) is 0. The third-order valence-electron chi connectivity index (χ3n) is 1.70. The van der Waals surface area contributed by atoms with Gasteiger partial charge < -0.3 is 10.5 Å². The van der Waals surface area contributed by atoms with Crippen LogP contribution >= 0.6 is 0 Å². The van der Waals surface area contributed by atoms with Gasteiger partial charge in [-0.15, -0.1) is 0 Å². The Hall–Kier alpha value is -0.170. The summed E-state index contributed by atoms with van der Waals surface area (Å²) >= 11 is 0. The van der Waals surface area contributed by atoms with Gasteiger partial charge in [-0.05, 0) is 27.7 Å². The van der Waals surface area contributed by atoms with Crippen LogP contribution in [0.3, 0.4) is 0 Å². The summed E-state index contributed by atoms with van der Waals surface area (Å²) in [6, 6.07) is -0.209. The third kappa shape index (κ3) is 8.80. The van der Waals surface area contributed by atoms with Crippen molar-refractivity contribution in [2.45, 2.75) is 45.4 Å². The molecular weight excluding hydrogens is 218 g/mol. The average molecular weight is 240 g/mol. The molecule has 1 unspecified atom stereocenters. The molecule has 0 bridgehead atoms. The van der Waals surface area contributed by atoms with Gasteiger partial charge in [0.15, 0.2) is 0 Å². The molecule has 0 radical (unpaired) electrons. The fourth-order valence-corrected chi connectivity index (χ4v) is 1.42. The zero-order chi connectivity index (χ0) is 12.3. The molecule has 0 saturated heterocycles. The Labute approximate surface area is 92.1 Å². The summed E-state index contributed by atoms with van der Waals surface area (Å²) in [6.45, 7) is 7.72. The van der Waals surface area contributed by atoms with Crippen LogP contribution in [-0.4, -0.2) is 39.0 Å². The molecule has 5 nitrogen and oxygen atoms in total. The van der Waals surface area contributed by atoms with E-state index in [0.717, 1.165) is 6.26 Å². The molecule has 0 fully saturated rings. The molecule has 0 heterocycles. The summed E-state index contributed by atoms with van der Waals surface area (Å²) in [5, 5.41) is 0. The maximum Gasteiger partial charge on any atom is 0.264 e. The summed E-state index contributed by atoms with van der Waals surface area (Å²) in [7, 11) is -3.39. The lowest BCUT2D eigenvalue weighted by molar-refractivity contribution is -0.445. The lowest BCUT2D eigenvalue weighted by Gasteiger charge is -2.26. The zero-order valence-electron chi connectivity index (χ0n) is 10.1. The van der Waals surface area contributed by atoms with Crippen molar-refractivity contribution in [2.24, 2.45) is 0 Å². The Morgan fingerprint density at radius 1 is 1.33 bits per heavy atom. The van der Waals surface area contributed by atoms with Gasteiger partial charge in [0.05, 0.1) is 11.9 Å². The molecule has 2 atom stereocenters. The lowest BCUT2D eigenvalue weighted by atomic mass is 10.1. The molecular formula is C9H22NO4S+. The van der Waals surface area contributed by atoms with E-state index in [0.29, 0.717) is 0 Å². The topological polar surface area (TPSA) is 80.2 Å². The Bertz CT molecular complexity index is 281. The molecule has 0 aliphatic carbocycles. The minimum absolute atomic E-state index is 0.0517. The monoisotopic (exact) mass is 240 g/mol. The second-order valence-corrected chi connectivity index (χ2v) is 6.33. The van der Waals surface area contributed by atoms with E-state index in [1.165, 1.54) is 0 Å². The van der Waals surface area contributed by atoms with Crippen molar-refractivity contribution in [3.63, 3.8) is 0 Å². The first-order valence-corrected chi connectivity index (χ1v) is 6.68. The summed E-state index contributed by atoms with van der Waals surface area (Å²) in [5.41, 5.74) is 3.55. The van der Waals surface area contributed by atoms with Gasteiger partial charge in [-0.1, -0.05) is 0 Å². The second kappa shape index (κ2) is 5.25. The predicted octanol–water partition coefficient (Wildman–Crippen LogP) is -0.223. The van der Waals surface area contributed by atoms with Gasteiger partial charge in [-0.3, -0.25) is 4.18 Å². The van der Waals surface area contributed by atoms with Crippen LogP contribution in [0.5, 0.6) is 0 Å². The molecule has 0 amide bonds. The maximum atomic E-state index is 10.8. The highest BCUT2D eigenvalue weighted by atomic mass is 32.2. The molecule has 0 saturated carbocycles. The molecule has 0 aliphatic heterocycles. The first-order valence-electron chi connectivity index (χ1n) is 4.86. The fourth-order valence-electron chi connectivity index (χ4n) is 1.00. The smallest absolute Gasteiger partial charge is 0.264 e. The van der Waals surface area contributed by atoms with Crippen molar-refractivity contribution >= 4 is 10.1 Å². The molecule has 6 heteroatoms. The van der Waals surface area contributed by atoms with Crippen LogP contribution in [0.1, 0.15) is 27.7 Å². The normalized spacial score (nSPS) is 17.5. The SMILES string of the molecule is CC(OC(C)(C)C)[C@H]([NH3+])COS(C)(=O)=O. The molecule has 92 valence electrons. The van der Waals surface area contributed by atoms with E-state index >= 15 is 0 Å². The van der Waals surface area contributed by atoms with Crippen LogP contribution in [0.15, 0.2) is 0 Å². The minimum Gasteiger partial charge on any atom is -0.367 e. The highest BCUT2D eigenvalue weighted by Gasteiger charge is 2.24. The molecule has 0 aromatic heterocycles. The van der Waals surface area contributed by atoms with Gasteiger partial charge in [-0.25, -0.2) is 0 Å². The zero-order valence-corrected chi connectivity index (χ0v) is 10.9. The van der Waals surface area contributed by atoms with E-state index in [9.17, 15) is 8.42 Å². The molecule has 0 spiro atoms. The Morgan fingerprint density at radius 3 is 2.13 bits per heavy atom. The molecule has 15 heavy (non-hydrogen) atoms. The van der Waals surface area contributed by atoms with Crippen LogP contribution in [0, 0.1) is 0 Å². The third-order valence-corrected chi connectivity index (χ3v) is 2.26. The number of rotatable bonds is 5. The average Bonchev–Trinajstić information content (AvgIpc) is 1.95. The fraction of sp³-hybridized carbons (Fsp3) is 1.00. The minimum atomic E-state index is -3.39. The quantitative estimate of drug-likeness (QED) is 0.674. The van der Waals surface area contributed by atoms with Gasteiger partial charge in [0.25, 0.3) is 10.1 Å². The van der Waals surface area contributed by atoms with E-state index in [4.69, 9.17) is 4.74 Å². The Balaban J connectivity index is 4.06. The summed E-state index contributed by atoms with van der Waals surface area (Å²) in [6.07, 6.45) is 0.876. The number of quaternary nitrogens is 1. The van der Waals surface area contributed by atoms with E-state index in [-0.39, 0.29) is 24.4 Å². The lowest BCUT2D eigenvalue weighted by Crippen LogP contribution is -2.69. The maximum absolute atomic E-state index is 10.8. The summed E-state index contributed by atoms with van der Waals surface area (Å²) in [4.78, 5) is 0. The van der Waals surface area contributed by atoms with Crippen LogP contribution in [0.25, 0.3) is 0 Å². The number of hydrogen-bond acceptors (Lipinski definition) is 4. The molecule has 0 aromatic carbocycles. The van der Waals surface area contributed by atoms with Gasteiger partial charge in [0, 0.05) is 0 Å².